The van der Waals surface area contributed by atoms with Crippen LogP contribution in [0.3, 0.4) is 0 Å². The monoisotopic (exact) mass is 628 g/mol. The molecular weight excluding hydrogens is 589 g/mol. The van der Waals surface area contributed by atoms with Gasteiger partial charge in [-0.3, -0.25) is 9.69 Å². The zero-order valence-electron chi connectivity index (χ0n) is 25.7. The molecule has 45 heavy (non-hydrogen) atoms. The van der Waals surface area contributed by atoms with E-state index in [0.29, 0.717) is 48.1 Å². The number of anilines is 2. The molecule has 3 aromatic rings. The summed E-state index contributed by atoms with van der Waals surface area (Å²) in [6.07, 6.45) is -4.81. The summed E-state index contributed by atoms with van der Waals surface area (Å²) in [4.78, 5) is 29.8. The topological polar surface area (TPSA) is 103 Å². The van der Waals surface area contributed by atoms with E-state index in [-0.39, 0.29) is 24.9 Å². The molecule has 1 heterocycles. The van der Waals surface area contributed by atoms with Gasteiger partial charge in [-0.1, -0.05) is 19.1 Å². The van der Waals surface area contributed by atoms with Crippen LogP contribution in [0, 0.1) is 5.92 Å². The first-order valence-electron chi connectivity index (χ1n) is 14.6. The largest absolute Gasteiger partial charge is 0.497 e. The van der Waals surface area contributed by atoms with Crippen LogP contribution >= 0.6 is 0 Å². The first-order chi connectivity index (χ1) is 21.4. The normalized spacial score (nSPS) is 17.8. The first-order valence-corrected chi connectivity index (χ1v) is 14.6. The summed E-state index contributed by atoms with van der Waals surface area (Å²) in [6.45, 7) is 4.67. The number of rotatable bonds is 9. The van der Waals surface area contributed by atoms with Crippen LogP contribution in [0.2, 0.25) is 0 Å². The third kappa shape index (κ3) is 9.11. The fourth-order valence-corrected chi connectivity index (χ4v) is 5.18. The third-order valence-electron chi connectivity index (χ3n) is 7.75. The van der Waals surface area contributed by atoms with Crippen molar-refractivity contribution in [3.8, 4) is 11.5 Å². The minimum atomic E-state index is -4.40. The van der Waals surface area contributed by atoms with Crippen molar-refractivity contribution in [2.24, 2.45) is 5.92 Å². The summed E-state index contributed by atoms with van der Waals surface area (Å²) in [5.41, 5.74) is 1.62. The van der Waals surface area contributed by atoms with Gasteiger partial charge in [0.1, 0.15) is 17.6 Å². The van der Waals surface area contributed by atoms with Gasteiger partial charge in [0.15, 0.2) is 0 Å². The van der Waals surface area contributed by atoms with E-state index in [1.54, 1.807) is 61.4 Å². The number of halogens is 3. The molecule has 0 bridgehead atoms. The van der Waals surface area contributed by atoms with Crippen LogP contribution < -0.4 is 20.1 Å². The molecule has 0 saturated carbocycles. The number of carbonyl (C=O) groups excluding carboxylic acids is 2. The maximum absolute atomic E-state index is 13.5. The van der Waals surface area contributed by atoms with Gasteiger partial charge < -0.3 is 30.1 Å². The van der Waals surface area contributed by atoms with Gasteiger partial charge >= 0.3 is 12.2 Å². The highest BCUT2D eigenvalue weighted by Crippen LogP contribution is 2.31. The molecule has 0 spiro atoms. The minimum absolute atomic E-state index is 0.00384. The highest BCUT2D eigenvalue weighted by atomic mass is 19.4. The number of fused-ring (bicyclic) bond motifs is 1. The molecule has 0 fully saturated rings. The van der Waals surface area contributed by atoms with Gasteiger partial charge in [0.25, 0.3) is 0 Å². The van der Waals surface area contributed by atoms with Gasteiger partial charge in [-0.2, -0.15) is 13.2 Å². The summed E-state index contributed by atoms with van der Waals surface area (Å²) in [5, 5.41) is 15.4. The Morgan fingerprint density at radius 1 is 1.09 bits per heavy atom. The molecule has 4 rings (SSSR count). The molecule has 1 aliphatic heterocycles. The lowest BCUT2D eigenvalue weighted by molar-refractivity contribution is -0.137. The zero-order valence-corrected chi connectivity index (χ0v) is 25.7. The molecule has 0 aliphatic carbocycles. The smallest absolute Gasteiger partial charge is 0.416 e. The number of benzene rings is 3. The Balaban J connectivity index is 1.53. The molecule has 0 aromatic heterocycles. The number of urea groups is 1. The number of nitrogens with one attached hydrogen (secondary N) is 2. The molecule has 3 N–H and O–H groups in total. The highest BCUT2D eigenvalue weighted by Gasteiger charge is 2.32. The molecule has 3 amide bonds. The van der Waals surface area contributed by atoms with Crippen molar-refractivity contribution >= 4 is 23.3 Å². The summed E-state index contributed by atoms with van der Waals surface area (Å²) in [7, 11) is 3.41. The van der Waals surface area contributed by atoms with E-state index in [1.165, 1.54) is 12.1 Å². The molecule has 0 saturated heterocycles. The number of hydrogen-bond donors (Lipinski definition) is 3. The molecule has 3 aromatic carbocycles. The second kappa shape index (κ2) is 14.7. The van der Waals surface area contributed by atoms with Crippen molar-refractivity contribution in [2.75, 3.05) is 44.5 Å². The number of aliphatic hydroxyl groups is 1. The Bertz CT molecular complexity index is 1450. The SMILES string of the molecule is COc1ccc(NC(=O)Nc2ccc3c(c2)CC(=O)N([C@@H](C)CO)C[C@H](C)[C@H](CN(C)Cc2ccc(C(F)(F)F)cc2)O3)cc1. The van der Waals surface area contributed by atoms with Gasteiger partial charge in [0.05, 0.1) is 31.7 Å². The van der Waals surface area contributed by atoms with Crippen LogP contribution in [0.15, 0.2) is 66.7 Å². The quantitative estimate of drug-likeness (QED) is 0.284. The third-order valence-corrected chi connectivity index (χ3v) is 7.75. The maximum atomic E-state index is 13.5. The second-order valence-corrected chi connectivity index (χ2v) is 11.4. The van der Waals surface area contributed by atoms with Gasteiger partial charge in [0, 0.05) is 42.5 Å². The zero-order chi connectivity index (χ0) is 32.7. The van der Waals surface area contributed by atoms with Crippen molar-refractivity contribution in [1.29, 1.82) is 0 Å². The standard InChI is InChI=1S/C33H39F3N4O5/c1-21-17-40(22(2)20-41)31(42)16-24-15-27(38-32(43)37-26-9-12-28(44-4)13-10-26)11-14-29(24)45-30(21)19-39(3)18-23-5-7-25(8-6-23)33(34,35)36/h5-15,21-22,30,41H,16-20H2,1-4H3,(H2,37,38,43)/t21-,22-,30-/m0/s1. The number of alkyl halides is 3. The number of hydrogen-bond acceptors (Lipinski definition) is 6. The van der Waals surface area contributed by atoms with Crippen molar-refractivity contribution in [3.05, 3.63) is 83.4 Å². The van der Waals surface area contributed by atoms with E-state index in [4.69, 9.17) is 9.47 Å². The van der Waals surface area contributed by atoms with Crippen LogP contribution in [0.1, 0.15) is 30.5 Å². The van der Waals surface area contributed by atoms with E-state index in [9.17, 15) is 27.9 Å². The fourth-order valence-electron chi connectivity index (χ4n) is 5.18. The first kappa shape index (κ1) is 33.6. The second-order valence-electron chi connectivity index (χ2n) is 11.4. The number of amides is 3. The van der Waals surface area contributed by atoms with Gasteiger partial charge in [-0.25, -0.2) is 4.79 Å². The summed E-state index contributed by atoms with van der Waals surface area (Å²) < 4.78 is 50.7. The Hall–Kier alpha value is -4.29. The lowest BCUT2D eigenvalue weighted by Crippen LogP contribution is -2.47. The van der Waals surface area contributed by atoms with Crippen molar-refractivity contribution in [3.63, 3.8) is 0 Å². The Kier molecular flexibility index (Phi) is 10.9. The summed E-state index contributed by atoms with van der Waals surface area (Å²) in [5.74, 6) is 0.804. The van der Waals surface area contributed by atoms with Crippen LogP contribution in [-0.4, -0.2) is 72.8 Å². The molecular formula is C33H39F3N4O5. The van der Waals surface area contributed by atoms with Crippen LogP contribution in [0.5, 0.6) is 11.5 Å². The Morgan fingerprint density at radius 3 is 2.36 bits per heavy atom. The van der Waals surface area contributed by atoms with Crippen molar-refractivity contribution in [1.82, 2.24) is 9.80 Å². The number of methoxy groups -OCH3 is 1. The van der Waals surface area contributed by atoms with Crippen LogP contribution in [-0.2, 0) is 23.9 Å². The summed E-state index contributed by atoms with van der Waals surface area (Å²) in [6, 6.07) is 16.1. The highest BCUT2D eigenvalue weighted by molar-refractivity contribution is 6.00. The average Bonchev–Trinajstić information content (AvgIpc) is 3.04. The van der Waals surface area contributed by atoms with Gasteiger partial charge in [0.2, 0.25) is 5.91 Å². The van der Waals surface area contributed by atoms with E-state index in [0.717, 1.165) is 17.7 Å². The minimum Gasteiger partial charge on any atom is -0.497 e. The number of carbonyl (C=O) groups is 2. The van der Waals surface area contributed by atoms with E-state index >= 15 is 0 Å². The molecule has 1 aliphatic rings. The molecule has 0 radical (unpaired) electrons. The van der Waals surface area contributed by atoms with Gasteiger partial charge in [-0.15, -0.1) is 0 Å². The van der Waals surface area contributed by atoms with Crippen LogP contribution in [0.4, 0.5) is 29.3 Å². The predicted octanol–water partition coefficient (Wildman–Crippen LogP) is 5.64. The number of aliphatic hydroxyl groups excluding tert-OH is 1. The molecule has 0 unspecified atom stereocenters. The Morgan fingerprint density at radius 2 is 1.73 bits per heavy atom. The summed E-state index contributed by atoms with van der Waals surface area (Å²) >= 11 is 0. The van der Waals surface area contributed by atoms with Crippen molar-refractivity contribution < 1.29 is 37.3 Å². The van der Waals surface area contributed by atoms with E-state index < -0.39 is 29.9 Å². The molecule has 9 nitrogen and oxygen atoms in total. The van der Waals surface area contributed by atoms with Crippen molar-refractivity contribution in [2.45, 2.75) is 45.1 Å². The van der Waals surface area contributed by atoms with E-state index in [2.05, 4.69) is 10.6 Å². The molecule has 3 atom stereocenters. The number of ether oxygens (including phenoxy) is 2. The lowest BCUT2D eigenvalue weighted by atomic mass is 10.0. The fraction of sp³-hybridized carbons (Fsp3) is 0.394. The van der Waals surface area contributed by atoms with Gasteiger partial charge in [-0.05, 0) is 74.1 Å². The lowest BCUT2D eigenvalue weighted by Gasteiger charge is -2.34. The molecule has 242 valence electrons. The van der Waals surface area contributed by atoms with Crippen LogP contribution in [0.25, 0.3) is 0 Å². The molecule has 12 heteroatoms. The van der Waals surface area contributed by atoms with E-state index in [1.807, 2.05) is 18.9 Å². The Labute approximate surface area is 260 Å². The number of nitrogens with zero attached hydrogens (tertiary/aromatic N) is 2. The average molecular weight is 629 g/mol. The number of likely N-dealkylation sites (N-methyl/N-ethyl adjacent to an activating group) is 1. The predicted molar refractivity (Wildman–Crippen MR) is 165 cm³/mol. The maximum Gasteiger partial charge on any atom is 0.416 e.